The third-order valence-electron chi connectivity index (χ3n) is 5.32. The standard InChI is InChI=1S/C23H26N4O2/c1-17-15-18(2)27(25-17)16-19-3-5-20(6-4-19)23(28)26-13-9-22(10-14-26)29-21-7-11-24-12-8-21/h3-8,11-12,15,22H,9-10,13-14,16H2,1-2H3. The number of aryl methyl sites for hydroxylation is 2. The van der Waals surface area contributed by atoms with Crippen LogP contribution in [0.2, 0.25) is 0 Å². The Morgan fingerprint density at radius 3 is 2.38 bits per heavy atom. The number of amides is 1. The maximum absolute atomic E-state index is 12.9. The van der Waals surface area contributed by atoms with Crippen LogP contribution in [0, 0.1) is 13.8 Å². The zero-order chi connectivity index (χ0) is 20.2. The van der Waals surface area contributed by atoms with E-state index in [1.54, 1.807) is 12.4 Å². The average molecular weight is 390 g/mol. The first kappa shape index (κ1) is 19.2. The maximum Gasteiger partial charge on any atom is 0.253 e. The van der Waals surface area contributed by atoms with Gasteiger partial charge in [0.05, 0.1) is 12.2 Å². The smallest absolute Gasteiger partial charge is 0.253 e. The number of aromatic nitrogens is 3. The van der Waals surface area contributed by atoms with Crippen molar-refractivity contribution in [3.8, 4) is 5.75 Å². The third kappa shape index (κ3) is 4.65. The van der Waals surface area contributed by atoms with E-state index in [4.69, 9.17) is 4.74 Å². The molecule has 150 valence electrons. The molecule has 0 bridgehead atoms. The van der Waals surface area contributed by atoms with Crippen molar-refractivity contribution in [1.29, 1.82) is 0 Å². The lowest BCUT2D eigenvalue weighted by Gasteiger charge is -2.32. The molecule has 0 unspecified atom stereocenters. The highest BCUT2D eigenvalue weighted by atomic mass is 16.5. The van der Waals surface area contributed by atoms with Crippen molar-refractivity contribution in [2.75, 3.05) is 13.1 Å². The largest absolute Gasteiger partial charge is 0.490 e. The number of ether oxygens (including phenoxy) is 1. The minimum atomic E-state index is 0.0880. The van der Waals surface area contributed by atoms with Crippen molar-refractivity contribution < 1.29 is 9.53 Å². The fraction of sp³-hybridized carbons (Fsp3) is 0.348. The second-order valence-electron chi connectivity index (χ2n) is 7.57. The molecule has 0 aliphatic carbocycles. The van der Waals surface area contributed by atoms with Crippen LogP contribution in [-0.2, 0) is 6.54 Å². The molecule has 1 fully saturated rings. The molecule has 0 spiro atoms. The summed E-state index contributed by atoms with van der Waals surface area (Å²) in [6.07, 6.45) is 5.28. The SMILES string of the molecule is Cc1cc(C)n(Cc2ccc(C(=O)N3CCC(Oc4ccncc4)CC3)cc2)n1. The van der Waals surface area contributed by atoms with E-state index in [0.29, 0.717) is 19.6 Å². The van der Waals surface area contributed by atoms with Crippen LogP contribution in [0.25, 0.3) is 0 Å². The van der Waals surface area contributed by atoms with E-state index in [1.807, 2.05) is 52.9 Å². The van der Waals surface area contributed by atoms with Crippen LogP contribution in [0.5, 0.6) is 5.75 Å². The van der Waals surface area contributed by atoms with Crippen LogP contribution in [0.15, 0.2) is 54.9 Å². The van der Waals surface area contributed by atoms with Gasteiger partial charge in [0.25, 0.3) is 5.91 Å². The average Bonchev–Trinajstić information content (AvgIpc) is 3.06. The number of hydrogen-bond donors (Lipinski definition) is 0. The first-order valence-corrected chi connectivity index (χ1v) is 10.0. The van der Waals surface area contributed by atoms with Crippen LogP contribution in [0.3, 0.4) is 0 Å². The second-order valence-corrected chi connectivity index (χ2v) is 7.57. The van der Waals surface area contributed by atoms with Gasteiger partial charge in [-0.15, -0.1) is 0 Å². The summed E-state index contributed by atoms with van der Waals surface area (Å²) in [6.45, 7) is 6.19. The van der Waals surface area contributed by atoms with Gasteiger partial charge in [0.15, 0.2) is 0 Å². The summed E-state index contributed by atoms with van der Waals surface area (Å²) < 4.78 is 7.97. The molecule has 6 heteroatoms. The summed E-state index contributed by atoms with van der Waals surface area (Å²) in [5.74, 6) is 0.924. The monoisotopic (exact) mass is 390 g/mol. The van der Waals surface area contributed by atoms with Crippen molar-refractivity contribution in [3.63, 3.8) is 0 Å². The van der Waals surface area contributed by atoms with E-state index in [1.165, 1.54) is 0 Å². The lowest BCUT2D eigenvalue weighted by atomic mass is 10.1. The Morgan fingerprint density at radius 1 is 1.07 bits per heavy atom. The van der Waals surface area contributed by atoms with Crippen molar-refractivity contribution in [2.45, 2.75) is 39.3 Å². The summed E-state index contributed by atoms with van der Waals surface area (Å²) in [6, 6.07) is 13.7. The zero-order valence-electron chi connectivity index (χ0n) is 16.9. The molecule has 3 aromatic rings. The number of pyridine rings is 1. The fourth-order valence-electron chi connectivity index (χ4n) is 3.73. The van der Waals surface area contributed by atoms with Crippen molar-refractivity contribution >= 4 is 5.91 Å². The Bertz CT molecular complexity index is 958. The Hall–Kier alpha value is -3.15. The fourth-order valence-corrected chi connectivity index (χ4v) is 3.73. The summed E-state index contributed by atoms with van der Waals surface area (Å²) in [7, 11) is 0. The van der Waals surface area contributed by atoms with Gasteiger partial charge in [-0.2, -0.15) is 5.10 Å². The predicted octanol–water partition coefficient (Wildman–Crippen LogP) is 3.63. The second kappa shape index (κ2) is 8.47. The number of carbonyl (C=O) groups excluding carboxylic acids is 1. The number of rotatable bonds is 5. The summed E-state index contributed by atoms with van der Waals surface area (Å²) in [4.78, 5) is 18.8. The van der Waals surface area contributed by atoms with Crippen molar-refractivity contribution in [1.82, 2.24) is 19.7 Å². The zero-order valence-corrected chi connectivity index (χ0v) is 16.9. The van der Waals surface area contributed by atoms with E-state index in [9.17, 15) is 4.79 Å². The topological polar surface area (TPSA) is 60.2 Å². The van der Waals surface area contributed by atoms with Gasteiger partial charge in [-0.05, 0) is 49.7 Å². The summed E-state index contributed by atoms with van der Waals surface area (Å²) in [5.41, 5.74) is 4.03. The number of piperidine rings is 1. The van der Waals surface area contributed by atoms with E-state index < -0.39 is 0 Å². The number of benzene rings is 1. The Labute approximate surface area is 171 Å². The first-order valence-electron chi connectivity index (χ1n) is 10.0. The molecule has 0 N–H and O–H groups in total. The molecule has 1 aliphatic rings. The van der Waals surface area contributed by atoms with E-state index in [2.05, 4.69) is 23.1 Å². The Balaban J connectivity index is 1.32. The number of hydrogen-bond acceptors (Lipinski definition) is 4. The number of carbonyl (C=O) groups is 1. The van der Waals surface area contributed by atoms with Gasteiger partial charge in [-0.25, -0.2) is 0 Å². The molecule has 1 saturated heterocycles. The molecule has 2 aromatic heterocycles. The third-order valence-corrected chi connectivity index (χ3v) is 5.32. The van der Waals surface area contributed by atoms with Crippen molar-refractivity contribution in [2.24, 2.45) is 0 Å². The van der Waals surface area contributed by atoms with Crippen LogP contribution in [-0.4, -0.2) is 44.8 Å². The molecule has 6 nitrogen and oxygen atoms in total. The molecule has 1 aromatic carbocycles. The van der Waals surface area contributed by atoms with Crippen LogP contribution < -0.4 is 4.74 Å². The minimum absolute atomic E-state index is 0.0880. The molecule has 0 radical (unpaired) electrons. The first-order chi connectivity index (χ1) is 14.1. The molecule has 3 heterocycles. The highest BCUT2D eigenvalue weighted by Gasteiger charge is 2.24. The lowest BCUT2D eigenvalue weighted by molar-refractivity contribution is 0.0595. The van der Waals surface area contributed by atoms with Gasteiger partial charge in [-0.1, -0.05) is 12.1 Å². The molecule has 29 heavy (non-hydrogen) atoms. The number of nitrogens with zero attached hydrogens (tertiary/aromatic N) is 4. The molecule has 0 atom stereocenters. The van der Waals surface area contributed by atoms with Gasteiger partial charge in [0, 0.05) is 49.6 Å². The summed E-state index contributed by atoms with van der Waals surface area (Å²) >= 11 is 0. The summed E-state index contributed by atoms with van der Waals surface area (Å²) in [5, 5.41) is 4.50. The predicted molar refractivity (Wildman–Crippen MR) is 111 cm³/mol. The van der Waals surface area contributed by atoms with Crippen LogP contribution >= 0.6 is 0 Å². The molecule has 0 saturated carbocycles. The highest BCUT2D eigenvalue weighted by molar-refractivity contribution is 5.94. The Kier molecular flexibility index (Phi) is 5.60. The van der Waals surface area contributed by atoms with Gasteiger partial charge >= 0.3 is 0 Å². The highest BCUT2D eigenvalue weighted by Crippen LogP contribution is 2.20. The molecule has 4 rings (SSSR count). The van der Waals surface area contributed by atoms with Gasteiger partial charge in [0.1, 0.15) is 11.9 Å². The van der Waals surface area contributed by atoms with E-state index in [-0.39, 0.29) is 12.0 Å². The van der Waals surface area contributed by atoms with Gasteiger partial charge < -0.3 is 9.64 Å². The molecular weight excluding hydrogens is 364 g/mol. The van der Waals surface area contributed by atoms with Gasteiger partial charge in [-0.3, -0.25) is 14.5 Å². The maximum atomic E-state index is 12.9. The van der Waals surface area contributed by atoms with Crippen LogP contribution in [0.4, 0.5) is 0 Å². The van der Waals surface area contributed by atoms with Crippen molar-refractivity contribution in [3.05, 3.63) is 77.4 Å². The quantitative estimate of drug-likeness (QED) is 0.668. The van der Waals surface area contributed by atoms with E-state index >= 15 is 0 Å². The molecule has 1 aliphatic heterocycles. The Morgan fingerprint density at radius 2 is 1.76 bits per heavy atom. The molecular formula is C23H26N4O2. The van der Waals surface area contributed by atoms with Gasteiger partial charge in [0.2, 0.25) is 0 Å². The number of likely N-dealkylation sites (tertiary alicyclic amines) is 1. The lowest BCUT2D eigenvalue weighted by Crippen LogP contribution is -2.41. The van der Waals surface area contributed by atoms with Crippen LogP contribution in [0.1, 0.15) is 40.2 Å². The minimum Gasteiger partial charge on any atom is -0.490 e. The molecule has 1 amide bonds. The normalized spacial score (nSPS) is 14.8. The van der Waals surface area contributed by atoms with E-state index in [0.717, 1.165) is 41.1 Å².